The van der Waals surface area contributed by atoms with Crippen molar-refractivity contribution in [3.63, 3.8) is 0 Å². The van der Waals surface area contributed by atoms with E-state index >= 15 is 0 Å². The van der Waals surface area contributed by atoms with E-state index in [2.05, 4.69) is 15.3 Å². The van der Waals surface area contributed by atoms with Gasteiger partial charge in [-0.3, -0.25) is 9.78 Å². The third kappa shape index (κ3) is 4.89. The SMILES string of the molecule is CC(C)Oc1ccccc1NC(=O)CCc1nc(-c2cccnc2)cs1. The third-order valence-corrected chi connectivity index (χ3v) is 4.51. The van der Waals surface area contributed by atoms with Crippen LogP contribution in [0, 0.1) is 0 Å². The highest BCUT2D eigenvalue weighted by molar-refractivity contribution is 7.09. The average Bonchev–Trinajstić information content (AvgIpc) is 3.11. The van der Waals surface area contributed by atoms with Crippen molar-refractivity contribution in [2.45, 2.75) is 32.8 Å². The molecule has 0 saturated carbocycles. The summed E-state index contributed by atoms with van der Waals surface area (Å²) in [6.45, 7) is 3.92. The number of benzene rings is 1. The molecule has 3 rings (SSSR count). The van der Waals surface area contributed by atoms with E-state index < -0.39 is 0 Å². The van der Waals surface area contributed by atoms with Crippen LogP contribution < -0.4 is 10.1 Å². The van der Waals surface area contributed by atoms with Crippen molar-refractivity contribution in [2.24, 2.45) is 0 Å². The minimum atomic E-state index is -0.0528. The Hall–Kier alpha value is -2.73. The van der Waals surface area contributed by atoms with Crippen LogP contribution in [0.4, 0.5) is 5.69 Å². The Bertz CT molecular complexity index is 862. The van der Waals surface area contributed by atoms with Gasteiger partial charge in [-0.15, -0.1) is 11.3 Å². The molecule has 2 aromatic heterocycles. The zero-order valence-electron chi connectivity index (χ0n) is 14.8. The average molecular weight is 367 g/mol. The van der Waals surface area contributed by atoms with Crippen molar-refractivity contribution in [3.8, 4) is 17.0 Å². The molecule has 134 valence electrons. The molecule has 26 heavy (non-hydrogen) atoms. The first-order valence-electron chi connectivity index (χ1n) is 8.52. The van der Waals surface area contributed by atoms with Crippen LogP contribution in [0.15, 0.2) is 54.2 Å². The number of amides is 1. The molecule has 0 unspecified atom stereocenters. The number of thiazole rings is 1. The molecule has 0 bridgehead atoms. The number of hydrogen-bond acceptors (Lipinski definition) is 5. The molecule has 0 saturated heterocycles. The van der Waals surface area contributed by atoms with Gasteiger partial charge in [0.1, 0.15) is 5.75 Å². The topological polar surface area (TPSA) is 64.1 Å². The molecule has 1 aromatic carbocycles. The number of rotatable bonds is 7. The highest BCUT2D eigenvalue weighted by atomic mass is 32.1. The number of para-hydroxylation sites is 2. The maximum absolute atomic E-state index is 12.3. The first-order valence-corrected chi connectivity index (χ1v) is 9.40. The molecule has 0 aliphatic heterocycles. The smallest absolute Gasteiger partial charge is 0.224 e. The summed E-state index contributed by atoms with van der Waals surface area (Å²) in [5.74, 6) is 0.631. The van der Waals surface area contributed by atoms with E-state index in [1.165, 1.54) is 0 Å². The van der Waals surface area contributed by atoms with E-state index in [1.54, 1.807) is 23.7 Å². The molecular formula is C20H21N3O2S. The summed E-state index contributed by atoms with van der Waals surface area (Å²) in [6, 6.07) is 11.3. The Morgan fingerprint density at radius 2 is 2.08 bits per heavy atom. The number of carbonyl (C=O) groups is 1. The zero-order chi connectivity index (χ0) is 18.4. The lowest BCUT2D eigenvalue weighted by Crippen LogP contribution is -2.14. The summed E-state index contributed by atoms with van der Waals surface area (Å²) in [6.07, 6.45) is 4.55. The molecule has 0 aliphatic rings. The fourth-order valence-corrected chi connectivity index (χ4v) is 3.24. The third-order valence-electron chi connectivity index (χ3n) is 3.60. The first kappa shape index (κ1) is 18.1. The van der Waals surface area contributed by atoms with Gasteiger partial charge in [0, 0.05) is 36.2 Å². The van der Waals surface area contributed by atoms with Crippen molar-refractivity contribution in [1.29, 1.82) is 0 Å². The van der Waals surface area contributed by atoms with Gasteiger partial charge >= 0.3 is 0 Å². The van der Waals surface area contributed by atoms with Crippen LogP contribution in [0.2, 0.25) is 0 Å². The van der Waals surface area contributed by atoms with Crippen LogP contribution in [0.5, 0.6) is 5.75 Å². The van der Waals surface area contributed by atoms with Crippen LogP contribution in [0.3, 0.4) is 0 Å². The first-order chi connectivity index (χ1) is 12.6. The van der Waals surface area contributed by atoms with E-state index in [0.717, 1.165) is 16.3 Å². The molecule has 0 radical (unpaired) electrons. The lowest BCUT2D eigenvalue weighted by atomic mass is 10.2. The van der Waals surface area contributed by atoms with Gasteiger partial charge in [-0.2, -0.15) is 0 Å². The van der Waals surface area contributed by atoms with Gasteiger partial charge in [-0.25, -0.2) is 4.98 Å². The standard InChI is InChI=1S/C20H21N3O2S/c1-14(2)25-18-8-4-3-7-16(18)22-19(24)9-10-20-23-17(13-26-20)15-6-5-11-21-12-15/h3-8,11-14H,9-10H2,1-2H3,(H,22,24). The fourth-order valence-electron chi connectivity index (χ4n) is 2.43. The van der Waals surface area contributed by atoms with Gasteiger partial charge in [0.25, 0.3) is 0 Å². The van der Waals surface area contributed by atoms with Gasteiger partial charge in [-0.05, 0) is 38.1 Å². The maximum atomic E-state index is 12.3. The second-order valence-corrected chi connectivity index (χ2v) is 7.02. The minimum absolute atomic E-state index is 0.0502. The number of anilines is 1. The Labute approximate surface area is 157 Å². The second-order valence-electron chi connectivity index (χ2n) is 6.08. The number of hydrogen-bond donors (Lipinski definition) is 1. The van der Waals surface area contributed by atoms with Crippen molar-refractivity contribution in [2.75, 3.05) is 5.32 Å². The van der Waals surface area contributed by atoms with E-state index in [9.17, 15) is 4.79 Å². The maximum Gasteiger partial charge on any atom is 0.224 e. The van der Waals surface area contributed by atoms with Gasteiger partial charge in [0.05, 0.1) is 22.5 Å². The molecule has 0 spiro atoms. The number of pyridine rings is 1. The van der Waals surface area contributed by atoms with Crippen molar-refractivity contribution < 1.29 is 9.53 Å². The fraction of sp³-hybridized carbons (Fsp3) is 0.250. The lowest BCUT2D eigenvalue weighted by Gasteiger charge is -2.14. The molecular weight excluding hydrogens is 346 g/mol. The molecule has 5 nitrogen and oxygen atoms in total. The summed E-state index contributed by atoms with van der Waals surface area (Å²) in [7, 11) is 0. The predicted octanol–water partition coefficient (Wildman–Crippen LogP) is 4.56. The minimum Gasteiger partial charge on any atom is -0.489 e. The predicted molar refractivity (Wildman–Crippen MR) is 105 cm³/mol. The number of aromatic nitrogens is 2. The molecule has 3 aromatic rings. The summed E-state index contributed by atoms with van der Waals surface area (Å²) in [5, 5.41) is 5.86. The largest absolute Gasteiger partial charge is 0.489 e. The van der Waals surface area contributed by atoms with E-state index in [-0.39, 0.29) is 12.0 Å². The zero-order valence-corrected chi connectivity index (χ0v) is 15.6. The lowest BCUT2D eigenvalue weighted by molar-refractivity contribution is -0.116. The van der Waals surface area contributed by atoms with Crippen molar-refractivity contribution in [3.05, 3.63) is 59.2 Å². The Morgan fingerprint density at radius 3 is 2.85 bits per heavy atom. The Balaban J connectivity index is 1.58. The summed E-state index contributed by atoms with van der Waals surface area (Å²) in [4.78, 5) is 21.0. The van der Waals surface area contributed by atoms with Gasteiger partial charge in [0.2, 0.25) is 5.91 Å². The monoisotopic (exact) mass is 367 g/mol. The number of nitrogens with zero attached hydrogens (tertiary/aromatic N) is 2. The molecule has 1 amide bonds. The molecule has 6 heteroatoms. The number of carbonyl (C=O) groups excluding carboxylic acids is 1. The summed E-state index contributed by atoms with van der Waals surface area (Å²) >= 11 is 1.56. The van der Waals surface area contributed by atoms with Gasteiger partial charge in [-0.1, -0.05) is 12.1 Å². The van der Waals surface area contributed by atoms with E-state index in [0.29, 0.717) is 24.3 Å². The number of nitrogens with one attached hydrogen (secondary N) is 1. The molecule has 0 aliphatic carbocycles. The number of ether oxygens (including phenoxy) is 1. The normalized spacial score (nSPS) is 10.7. The quantitative estimate of drug-likeness (QED) is 0.665. The molecule has 2 heterocycles. The summed E-state index contributed by atoms with van der Waals surface area (Å²) < 4.78 is 5.73. The van der Waals surface area contributed by atoms with Crippen LogP contribution >= 0.6 is 11.3 Å². The Kier molecular flexibility index (Phi) is 5.96. The molecule has 1 N–H and O–H groups in total. The summed E-state index contributed by atoms with van der Waals surface area (Å²) in [5.41, 5.74) is 2.58. The highest BCUT2D eigenvalue weighted by Crippen LogP contribution is 2.25. The highest BCUT2D eigenvalue weighted by Gasteiger charge is 2.11. The number of aryl methyl sites for hydroxylation is 1. The van der Waals surface area contributed by atoms with E-state index in [4.69, 9.17) is 4.74 Å². The Morgan fingerprint density at radius 1 is 1.23 bits per heavy atom. The van der Waals surface area contributed by atoms with Gasteiger partial charge < -0.3 is 10.1 Å². The van der Waals surface area contributed by atoms with E-state index in [1.807, 2.05) is 55.6 Å². The second kappa shape index (κ2) is 8.58. The van der Waals surface area contributed by atoms with Gasteiger partial charge in [0.15, 0.2) is 0 Å². The van der Waals surface area contributed by atoms with Crippen LogP contribution in [0.1, 0.15) is 25.3 Å². The molecule has 0 fully saturated rings. The van der Waals surface area contributed by atoms with Crippen LogP contribution in [-0.4, -0.2) is 22.0 Å². The van der Waals surface area contributed by atoms with Crippen molar-refractivity contribution in [1.82, 2.24) is 9.97 Å². The van der Waals surface area contributed by atoms with Crippen molar-refractivity contribution >= 4 is 22.9 Å². The molecule has 0 atom stereocenters. The van der Waals surface area contributed by atoms with Crippen LogP contribution in [-0.2, 0) is 11.2 Å². The van der Waals surface area contributed by atoms with Crippen LogP contribution in [0.25, 0.3) is 11.3 Å².